The molecule has 4 heterocycles. The Morgan fingerprint density at radius 1 is 0.519 bits per heavy atom. The summed E-state index contributed by atoms with van der Waals surface area (Å²) in [5, 5.41) is 5.04. The number of hydrogen-bond acceptors (Lipinski definition) is 4. The number of benzene rings is 2. The monoisotopic (exact) mass is 812 g/mol. The molecule has 52 heavy (non-hydrogen) atoms. The fourth-order valence-electron chi connectivity index (χ4n) is 6.01. The van der Waals surface area contributed by atoms with Crippen LogP contribution in [0.2, 0.25) is 13.1 Å². The Hall–Kier alpha value is -4.06. The van der Waals surface area contributed by atoms with Crippen LogP contribution in [0, 0.1) is 0 Å². The molecule has 0 N–H and O–H groups in total. The van der Waals surface area contributed by atoms with Crippen molar-refractivity contribution in [3.05, 3.63) is 157 Å². The molecule has 8 rings (SSSR count). The molecule has 0 amide bonds. The Labute approximate surface area is 328 Å². The predicted octanol–water partition coefficient (Wildman–Crippen LogP) is 12.7. The molecule has 0 saturated heterocycles. The third-order valence-electron chi connectivity index (χ3n) is 8.38. The van der Waals surface area contributed by atoms with Gasteiger partial charge in [0.05, 0.1) is 22.8 Å². The van der Waals surface area contributed by atoms with Gasteiger partial charge in [-0.1, -0.05) is 63.3 Å². The van der Waals surface area contributed by atoms with E-state index in [1.165, 1.54) is 43.8 Å². The molecule has 0 atom stereocenters. The van der Waals surface area contributed by atoms with Crippen molar-refractivity contribution in [2.24, 2.45) is 0 Å². The van der Waals surface area contributed by atoms with E-state index in [1.54, 1.807) is 0 Å². The summed E-state index contributed by atoms with van der Waals surface area (Å²) in [4.78, 5) is 18.1. The Morgan fingerprint density at radius 3 is 1.13 bits per heavy atom. The van der Waals surface area contributed by atoms with Crippen LogP contribution in [-0.2, 0) is 33.7 Å². The molecule has 8 aromatic rings. The summed E-state index contributed by atoms with van der Waals surface area (Å²) in [6.45, 7) is 8.68. The van der Waals surface area contributed by atoms with Crippen LogP contribution in [-0.4, -0.2) is 29.5 Å². The van der Waals surface area contributed by atoms with Gasteiger partial charge in [0, 0.05) is 34.3 Å². The van der Waals surface area contributed by atoms with Gasteiger partial charge in [0.1, 0.15) is 0 Å². The third-order valence-corrected chi connectivity index (χ3v) is 8.38. The molecule has 0 spiro atoms. The first-order valence-electron chi connectivity index (χ1n) is 17.2. The zero-order chi connectivity index (χ0) is 36.7. The fraction of sp³-hybridized carbons (Fsp3) is 0.136. The molecule has 0 aliphatic rings. The number of aryl methyl sites for hydroxylation is 2. The number of pyridine rings is 4. The van der Waals surface area contributed by atoms with Crippen LogP contribution >= 0.6 is 17.0 Å². The molecule has 0 saturated carbocycles. The van der Waals surface area contributed by atoms with E-state index >= 15 is 0 Å². The number of hydrogen-bond donors (Lipinski definition) is 0. The average molecular weight is 815 g/mol. The minimum absolute atomic E-state index is 0.826. The average Bonchev–Trinajstić information content (AvgIpc) is 3.84. The Morgan fingerprint density at radius 2 is 0.846 bits per heavy atom. The van der Waals surface area contributed by atoms with E-state index in [1.807, 2.05) is 85.5 Å². The van der Waals surface area contributed by atoms with E-state index in [0.29, 0.717) is 0 Å². The van der Waals surface area contributed by atoms with Crippen LogP contribution in [0.3, 0.4) is 0 Å². The van der Waals surface area contributed by atoms with E-state index in [2.05, 4.69) is 108 Å². The van der Waals surface area contributed by atoms with Crippen molar-refractivity contribution in [2.45, 2.75) is 39.8 Å². The van der Waals surface area contributed by atoms with Gasteiger partial charge in [-0.25, -0.2) is 0 Å². The first-order chi connectivity index (χ1) is 25.5. The molecule has 0 bridgehead atoms. The molecular formula is C44H40Cl2N4SiZr. The molecule has 2 radical (unpaired) electrons. The van der Waals surface area contributed by atoms with Crippen molar-refractivity contribution >= 4 is 48.1 Å². The SMILES string of the molecule is CCc1cc2c(-c3ccccn3)cc(-c3ccccn3)cc2[cH-]1.CCc1cc2c(-c3ccccn3)cc(-c3ccccn3)cc2[cH-]1.C[Si]C.[Cl][Zr+2][Cl]. The Balaban J connectivity index is 0.000000175. The summed E-state index contributed by atoms with van der Waals surface area (Å²) in [5.41, 5.74) is 11.3. The predicted molar refractivity (Wildman–Crippen MR) is 220 cm³/mol. The molecule has 4 nitrogen and oxygen atoms in total. The zero-order valence-electron chi connectivity index (χ0n) is 29.8. The van der Waals surface area contributed by atoms with Gasteiger partial charge in [-0.05, 0) is 83.6 Å². The van der Waals surface area contributed by atoms with Crippen LogP contribution in [0.1, 0.15) is 25.0 Å². The van der Waals surface area contributed by atoms with Crippen molar-refractivity contribution in [2.75, 3.05) is 0 Å². The number of rotatable bonds is 6. The van der Waals surface area contributed by atoms with Gasteiger partial charge in [-0.3, -0.25) is 19.9 Å². The summed E-state index contributed by atoms with van der Waals surface area (Å²) < 4.78 is 0. The normalized spacial score (nSPS) is 10.3. The fourth-order valence-corrected chi connectivity index (χ4v) is 6.01. The number of aromatic nitrogens is 4. The summed E-state index contributed by atoms with van der Waals surface area (Å²) in [6.07, 6.45) is 9.44. The molecule has 0 aliphatic carbocycles. The van der Waals surface area contributed by atoms with E-state index in [4.69, 9.17) is 17.0 Å². The summed E-state index contributed by atoms with van der Waals surface area (Å²) in [6, 6.07) is 42.1. The maximum atomic E-state index is 4.93. The third kappa shape index (κ3) is 10.1. The van der Waals surface area contributed by atoms with Crippen LogP contribution in [0.5, 0.6) is 0 Å². The number of nitrogens with zero attached hydrogens (tertiary/aromatic N) is 4. The molecule has 4 aromatic heterocycles. The Bertz CT molecular complexity index is 2100. The van der Waals surface area contributed by atoms with Crippen LogP contribution < -0.4 is 0 Å². The van der Waals surface area contributed by atoms with E-state index in [9.17, 15) is 0 Å². The van der Waals surface area contributed by atoms with Gasteiger partial charge >= 0.3 is 37.9 Å². The van der Waals surface area contributed by atoms with Gasteiger partial charge in [-0.15, -0.1) is 56.9 Å². The first kappa shape index (κ1) is 39.2. The van der Waals surface area contributed by atoms with Crippen LogP contribution in [0.4, 0.5) is 0 Å². The summed E-state index contributed by atoms with van der Waals surface area (Å²) >= 11 is -0.826. The van der Waals surface area contributed by atoms with Crippen molar-refractivity contribution in [3.8, 4) is 45.0 Å². The molecule has 0 fully saturated rings. The van der Waals surface area contributed by atoms with Gasteiger partial charge < -0.3 is 0 Å². The van der Waals surface area contributed by atoms with Crippen LogP contribution in [0.15, 0.2) is 146 Å². The zero-order valence-corrected chi connectivity index (χ0v) is 34.8. The topological polar surface area (TPSA) is 51.6 Å². The first-order valence-corrected chi connectivity index (χ1v) is 25.5. The molecule has 8 heteroatoms. The quantitative estimate of drug-likeness (QED) is 0.124. The number of halogens is 2. The summed E-state index contributed by atoms with van der Waals surface area (Å²) in [7, 11) is 11.0. The second-order valence-corrected chi connectivity index (χ2v) is 16.7. The van der Waals surface area contributed by atoms with Gasteiger partial charge in [-0.2, -0.15) is 12.1 Å². The molecule has 0 aliphatic heterocycles. The molecular weight excluding hydrogens is 775 g/mol. The van der Waals surface area contributed by atoms with Gasteiger partial charge in [0.15, 0.2) is 0 Å². The molecule has 4 aromatic carbocycles. The van der Waals surface area contributed by atoms with E-state index < -0.39 is 20.8 Å². The molecule has 0 unspecified atom stereocenters. The maximum absolute atomic E-state index is 4.93. The standard InChI is InChI=1S/2C21H17N2.C2H6Si.2ClH.Zr/c2*1-2-15-11-16-13-17(20-7-3-5-9-22-20)14-19(18(16)12-15)21-8-4-6-10-23-21;1-3-2;;;/h2*3-14H,2H2,1H3;1-2H3;2*1H;/q2*-1;;;;+4/p-2. The Kier molecular flexibility index (Phi) is 15.2. The second kappa shape index (κ2) is 20.3. The molecule has 258 valence electrons. The van der Waals surface area contributed by atoms with E-state index in [-0.39, 0.29) is 0 Å². The van der Waals surface area contributed by atoms with Crippen molar-refractivity contribution in [1.82, 2.24) is 19.9 Å². The van der Waals surface area contributed by atoms with Crippen molar-refractivity contribution in [3.63, 3.8) is 0 Å². The second-order valence-electron chi connectivity index (χ2n) is 11.9. The van der Waals surface area contributed by atoms with E-state index in [0.717, 1.165) is 56.3 Å². The van der Waals surface area contributed by atoms with Crippen LogP contribution in [0.25, 0.3) is 66.6 Å². The van der Waals surface area contributed by atoms with Gasteiger partial charge in [0.25, 0.3) is 0 Å². The summed E-state index contributed by atoms with van der Waals surface area (Å²) in [5.74, 6) is 0. The van der Waals surface area contributed by atoms with Gasteiger partial charge in [0.2, 0.25) is 0 Å². The van der Waals surface area contributed by atoms with Crippen molar-refractivity contribution < 1.29 is 20.8 Å². The number of fused-ring (bicyclic) bond motifs is 2. The minimum atomic E-state index is -0.826. The van der Waals surface area contributed by atoms with Crippen molar-refractivity contribution in [1.29, 1.82) is 0 Å².